The average molecular weight is 328 g/mol. The van der Waals surface area contributed by atoms with Gasteiger partial charge in [0.15, 0.2) is 0 Å². The molecule has 0 unspecified atom stereocenters. The van der Waals surface area contributed by atoms with Crippen molar-refractivity contribution in [2.24, 2.45) is 0 Å². The molecule has 1 aromatic rings. The largest absolute Gasteiger partial charge is 0.369 e. The molecule has 0 radical (unpaired) electrons. The summed E-state index contributed by atoms with van der Waals surface area (Å²) in [4.78, 5) is 16.7. The van der Waals surface area contributed by atoms with Crippen LogP contribution in [0.3, 0.4) is 0 Å². The van der Waals surface area contributed by atoms with E-state index in [2.05, 4.69) is 35.0 Å². The van der Waals surface area contributed by atoms with E-state index < -0.39 is 0 Å². The van der Waals surface area contributed by atoms with Gasteiger partial charge in [0.25, 0.3) is 0 Å². The first-order chi connectivity index (χ1) is 11.7. The van der Waals surface area contributed by atoms with E-state index in [4.69, 9.17) is 0 Å². The highest BCUT2D eigenvalue weighted by molar-refractivity contribution is 5.78. The lowest BCUT2D eigenvalue weighted by atomic mass is 10.1. The van der Waals surface area contributed by atoms with Crippen LogP contribution in [0.25, 0.3) is 0 Å². The number of benzene rings is 1. The van der Waals surface area contributed by atoms with Crippen LogP contribution >= 0.6 is 0 Å². The molecule has 1 N–H and O–H groups in total. The van der Waals surface area contributed by atoms with Crippen molar-refractivity contribution >= 4 is 11.6 Å². The van der Waals surface area contributed by atoms with E-state index in [0.717, 1.165) is 56.7 Å². The van der Waals surface area contributed by atoms with Crippen LogP contribution in [0.15, 0.2) is 24.3 Å². The third-order valence-corrected chi connectivity index (χ3v) is 4.67. The van der Waals surface area contributed by atoms with E-state index in [1.165, 1.54) is 0 Å². The Balaban J connectivity index is 1.91. The predicted molar refractivity (Wildman–Crippen MR) is 96.9 cm³/mol. The molecule has 1 amide bonds. The Morgan fingerprint density at radius 3 is 2.67 bits per heavy atom. The van der Waals surface area contributed by atoms with Crippen molar-refractivity contribution in [3.63, 3.8) is 0 Å². The van der Waals surface area contributed by atoms with E-state index in [-0.39, 0.29) is 11.9 Å². The van der Waals surface area contributed by atoms with E-state index in [0.29, 0.717) is 6.54 Å². The first-order valence-corrected chi connectivity index (χ1v) is 8.93. The monoisotopic (exact) mass is 328 g/mol. The van der Waals surface area contributed by atoms with Crippen molar-refractivity contribution in [1.29, 1.82) is 5.26 Å². The number of nitriles is 1. The number of amides is 1. The SMILES string of the molecule is CCC(CC)NC(=O)CN1CCCN(c2ccccc2C#N)CC1. The van der Waals surface area contributed by atoms with Crippen molar-refractivity contribution < 1.29 is 4.79 Å². The lowest BCUT2D eigenvalue weighted by Gasteiger charge is -2.24. The van der Waals surface area contributed by atoms with E-state index >= 15 is 0 Å². The summed E-state index contributed by atoms with van der Waals surface area (Å²) in [5.74, 6) is 0.120. The van der Waals surface area contributed by atoms with Gasteiger partial charge in [-0.2, -0.15) is 5.26 Å². The highest BCUT2D eigenvalue weighted by atomic mass is 16.2. The Morgan fingerprint density at radius 1 is 1.21 bits per heavy atom. The predicted octanol–water partition coefficient (Wildman–Crippen LogP) is 2.38. The van der Waals surface area contributed by atoms with E-state index in [1.807, 2.05) is 24.3 Å². The van der Waals surface area contributed by atoms with Gasteiger partial charge in [-0.1, -0.05) is 26.0 Å². The maximum Gasteiger partial charge on any atom is 0.234 e. The lowest BCUT2D eigenvalue weighted by molar-refractivity contribution is -0.123. The zero-order chi connectivity index (χ0) is 17.4. The van der Waals surface area contributed by atoms with Crippen LogP contribution in [-0.2, 0) is 4.79 Å². The molecule has 130 valence electrons. The fourth-order valence-electron chi connectivity index (χ4n) is 3.18. The third-order valence-electron chi connectivity index (χ3n) is 4.67. The van der Waals surface area contributed by atoms with Crippen molar-refractivity contribution in [3.8, 4) is 6.07 Å². The summed E-state index contributed by atoms with van der Waals surface area (Å²) in [6, 6.07) is 10.3. The zero-order valence-electron chi connectivity index (χ0n) is 14.8. The molecule has 1 heterocycles. The number of carbonyl (C=O) groups excluding carboxylic acids is 1. The van der Waals surface area contributed by atoms with E-state index in [9.17, 15) is 10.1 Å². The molecule has 5 heteroatoms. The van der Waals surface area contributed by atoms with Crippen molar-refractivity contribution in [2.75, 3.05) is 37.6 Å². The van der Waals surface area contributed by atoms with Crippen LogP contribution in [0.5, 0.6) is 0 Å². The normalized spacial score (nSPS) is 15.8. The molecule has 1 aromatic carbocycles. The number of nitrogens with one attached hydrogen (secondary N) is 1. The fourth-order valence-corrected chi connectivity index (χ4v) is 3.18. The quantitative estimate of drug-likeness (QED) is 0.871. The van der Waals surface area contributed by atoms with E-state index in [1.54, 1.807) is 0 Å². The Hall–Kier alpha value is -2.06. The standard InChI is InChI=1S/C19H28N4O/c1-3-17(4-2)21-19(24)15-22-10-7-11-23(13-12-22)18-9-6-5-8-16(18)14-20/h5-6,8-9,17H,3-4,7,10-13,15H2,1-2H3,(H,21,24). The number of hydrogen-bond donors (Lipinski definition) is 1. The maximum absolute atomic E-state index is 12.2. The molecule has 24 heavy (non-hydrogen) atoms. The summed E-state index contributed by atoms with van der Waals surface area (Å²) in [7, 11) is 0. The Kier molecular flexibility index (Phi) is 7.07. The highest BCUT2D eigenvalue weighted by Crippen LogP contribution is 2.21. The summed E-state index contributed by atoms with van der Waals surface area (Å²) >= 11 is 0. The van der Waals surface area contributed by atoms with Crippen LogP contribution in [0.2, 0.25) is 0 Å². The molecule has 0 spiro atoms. The lowest BCUT2D eigenvalue weighted by Crippen LogP contribution is -2.42. The highest BCUT2D eigenvalue weighted by Gasteiger charge is 2.19. The van der Waals surface area contributed by atoms with Gasteiger partial charge >= 0.3 is 0 Å². The van der Waals surface area contributed by atoms with Gasteiger partial charge in [-0.15, -0.1) is 0 Å². The summed E-state index contributed by atoms with van der Waals surface area (Å²) in [6.45, 7) is 8.19. The first-order valence-electron chi connectivity index (χ1n) is 8.93. The molecular formula is C19H28N4O. The van der Waals surface area contributed by atoms with Gasteiger partial charge in [0.2, 0.25) is 5.91 Å². The third kappa shape index (κ3) is 4.97. The summed E-state index contributed by atoms with van der Waals surface area (Å²) in [5.41, 5.74) is 1.72. The summed E-state index contributed by atoms with van der Waals surface area (Å²) in [6.07, 6.45) is 2.94. The van der Waals surface area contributed by atoms with Gasteiger partial charge in [-0.25, -0.2) is 0 Å². The fraction of sp³-hybridized carbons (Fsp3) is 0.579. The molecule has 1 aliphatic rings. The molecular weight excluding hydrogens is 300 g/mol. The number of carbonyl (C=O) groups is 1. The molecule has 0 bridgehead atoms. The van der Waals surface area contributed by atoms with Crippen LogP contribution in [0.1, 0.15) is 38.7 Å². The maximum atomic E-state index is 12.2. The Labute approximate surface area is 145 Å². The average Bonchev–Trinajstić information content (AvgIpc) is 2.85. The minimum Gasteiger partial charge on any atom is -0.369 e. The second-order valence-corrected chi connectivity index (χ2v) is 6.33. The van der Waals surface area contributed by atoms with Gasteiger partial charge in [0, 0.05) is 32.2 Å². The zero-order valence-corrected chi connectivity index (χ0v) is 14.8. The Bertz CT molecular complexity index is 577. The number of nitrogens with zero attached hydrogens (tertiary/aromatic N) is 3. The molecule has 5 nitrogen and oxygen atoms in total. The Morgan fingerprint density at radius 2 is 1.96 bits per heavy atom. The minimum absolute atomic E-state index is 0.120. The number of hydrogen-bond acceptors (Lipinski definition) is 4. The molecule has 1 aliphatic heterocycles. The van der Waals surface area contributed by atoms with Crippen LogP contribution in [0, 0.1) is 11.3 Å². The topological polar surface area (TPSA) is 59.4 Å². The van der Waals surface area contributed by atoms with Gasteiger partial charge in [-0.3, -0.25) is 9.69 Å². The molecule has 0 aliphatic carbocycles. The van der Waals surface area contributed by atoms with Crippen molar-refractivity contribution in [1.82, 2.24) is 10.2 Å². The minimum atomic E-state index is 0.120. The van der Waals surface area contributed by atoms with Gasteiger partial charge in [0.05, 0.1) is 17.8 Å². The molecule has 0 aromatic heterocycles. The molecule has 1 fully saturated rings. The van der Waals surface area contributed by atoms with Crippen molar-refractivity contribution in [3.05, 3.63) is 29.8 Å². The second kappa shape index (κ2) is 9.29. The smallest absolute Gasteiger partial charge is 0.234 e. The summed E-state index contributed by atoms with van der Waals surface area (Å²) in [5, 5.41) is 12.4. The van der Waals surface area contributed by atoms with Gasteiger partial charge in [-0.05, 0) is 31.4 Å². The second-order valence-electron chi connectivity index (χ2n) is 6.33. The number of rotatable bonds is 6. The number of para-hydroxylation sites is 1. The molecule has 2 rings (SSSR count). The van der Waals surface area contributed by atoms with Crippen LogP contribution in [-0.4, -0.2) is 49.6 Å². The van der Waals surface area contributed by atoms with Crippen molar-refractivity contribution in [2.45, 2.75) is 39.2 Å². The molecule has 0 atom stereocenters. The molecule has 0 saturated carbocycles. The number of anilines is 1. The van der Waals surface area contributed by atoms with Crippen LogP contribution < -0.4 is 10.2 Å². The van der Waals surface area contributed by atoms with Crippen LogP contribution in [0.4, 0.5) is 5.69 Å². The van der Waals surface area contributed by atoms with Gasteiger partial charge in [0.1, 0.15) is 6.07 Å². The first kappa shape index (κ1) is 18.3. The summed E-state index contributed by atoms with van der Waals surface area (Å²) < 4.78 is 0. The molecule has 1 saturated heterocycles. The van der Waals surface area contributed by atoms with Gasteiger partial charge < -0.3 is 10.2 Å².